The van der Waals surface area contributed by atoms with Gasteiger partial charge in [-0.1, -0.05) is 6.58 Å². The Hall–Kier alpha value is -1.57. The first-order chi connectivity index (χ1) is 7.03. The molecule has 0 saturated carbocycles. The van der Waals surface area contributed by atoms with Crippen molar-refractivity contribution in [2.75, 3.05) is 17.6 Å². The van der Waals surface area contributed by atoms with E-state index in [0.717, 1.165) is 11.7 Å². The van der Waals surface area contributed by atoms with E-state index in [1.54, 1.807) is 0 Å². The lowest BCUT2D eigenvalue weighted by Gasteiger charge is -2.02. The normalized spacial score (nSPS) is 11.0. The molecule has 0 bridgehead atoms. The zero-order chi connectivity index (χ0) is 11.3. The van der Waals surface area contributed by atoms with Crippen LogP contribution < -0.4 is 5.32 Å². The van der Waals surface area contributed by atoms with Gasteiger partial charge in [0.15, 0.2) is 9.84 Å². The summed E-state index contributed by atoms with van der Waals surface area (Å²) in [6.45, 7) is 3.24. The molecule has 1 aromatic rings. The van der Waals surface area contributed by atoms with Crippen molar-refractivity contribution in [2.24, 2.45) is 0 Å². The number of rotatable bonds is 5. The van der Waals surface area contributed by atoms with Crippen LogP contribution in [0, 0.1) is 6.08 Å². The van der Waals surface area contributed by atoms with Gasteiger partial charge in [0.1, 0.15) is 6.33 Å². The van der Waals surface area contributed by atoms with Gasteiger partial charge in [0.05, 0.1) is 5.75 Å². The number of aromatic nitrogens is 3. The maximum Gasteiger partial charge on any atom is 0.313 e. The smallest absolute Gasteiger partial charge is 0.313 e. The van der Waals surface area contributed by atoms with Gasteiger partial charge in [-0.15, -0.1) is 0 Å². The van der Waals surface area contributed by atoms with E-state index in [9.17, 15) is 12.8 Å². The van der Waals surface area contributed by atoms with Gasteiger partial charge < -0.3 is 5.32 Å². The number of sulfone groups is 1. The highest BCUT2D eigenvalue weighted by atomic mass is 32.2. The molecule has 15 heavy (non-hydrogen) atoms. The molecule has 1 aromatic heterocycles. The molecule has 0 atom stereocenters. The predicted octanol–water partition coefficient (Wildman–Crippen LogP) is -0.0191. The van der Waals surface area contributed by atoms with Crippen molar-refractivity contribution < 1.29 is 12.8 Å². The van der Waals surface area contributed by atoms with Gasteiger partial charge in [0.25, 0.3) is 0 Å². The summed E-state index contributed by atoms with van der Waals surface area (Å²) in [5.41, 5.74) is 0. The molecule has 1 N–H and O–H groups in total. The molecule has 1 heterocycles. The summed E-state index contributed by atoms with van der Waals surface area (Å²) in [6, 6.07) is 0. The zero-order valence-electron chi connectivity index (χ0n) is 7.72. The Balaban J connectivity index is 2.48. The minimum atomic E-state index is -3.26. The number of nitrogens with zero attached hydrogens (tertiary/aromatic N) is 3. The van der Waals surface area contributed by atoms with Crippen LogP contribution in [-0.4, -0.2) is 35.7 Å². The molecule has 0 unspecified atom stereocenters. The van der Waals surface area contributed by atoms with Crippen LogP contribution in [0.5, 0.6) is 0 Å². The van der Waals surface area contributed by atoms with E-state index in [0.29, 0.717) is 0 Å². The Labute approximate surface area is 86.2 Å². The summed E-state index contributed by atoms with van der Waals surface area (Å²) in [6.07, 6.45) is 0.0752. The molecular formula is C7H9FN4O2S. The summed E-state index contributed by atoms with van der Waals surface area (Å²) >= 11 is 0. The predicted molar refractivity (Wildman–Crippen MR) is 52.3 cm³/mol. The van der Waals surface area contributed by atoms with E-state index in [4.69, 9.17) is 0 Å². The third-order valence-electron chi connectivity index (χ3n) is 1.47. The summed E-state index contributed by atoms with van der Waals surface area (Å²) in [7, 11) is -3.26. The van der Waals surface area contributed by atoms with Crippen molar-refractivity contribution in [3.63, 3.8) is 0 Å². The minimum Gasteiger partial charge on any atom is -0.353 e. The molecule has 0 aromatic carbocycles. The van der Waals surface area contributed by atoms with Crippen molar-refractivity contribution in [1.82, 2.24) is 15.0 Å². The van der Waals surface area contributed by atoms with Gasteiger partial charge in [-0.3, -0.25) is 0 Å². The number of hydrogen-bond acceptors (Lipinski definition) is 6. The van der Waals surface area contributed by atoms with Crippen LogP contribution in [0.1, 0.15) is 0 Å². The Morgan fingerprint density at radius 1 is 1.53 bits per heavy atom. The van der Waals surface area contributed by atoms with E-state index in [2.05, 4.69) is 26.8 Å². The van der Waals surface area contributed by atoms with Crippen molar-refractivity contribution in [3.8, 4) is 0 Å². The van der Waals surface area contributed by atoms with Crippen LogP contribution in [0.15, 0.2) is 18.3 Å². The highest BCUT2D eigenvalue weighted by molar-refractivity contribution is 7.94. The molecule has 8 heteroatoms. The quantitative estimate of drug-likeness (QED) is 0.768. The van der Waals surface area contributed by atoms with Crippen molar-refractivity contribution in [2.45, 2.75) is 0 Å². The summed E-state index contributed by atoms with van der Waals surface area (Å²) < 4.78 is 34.4. The number of hydrogen-bond donors (Lipinski definition) is 1. The van der Waals surface area contributed by atoms with Crippen LogP contribution in [0.4, 0.5) is 10.3 Å². The molecule has 0 aliphatic rings. The van der Waals surface area contributed by atoms with E-state index < -0.39 is 15.9 Å². The monoisotopic (exact) mass is 232 g/mol. The second-order valence-electron chi connectivity index (χ2n) is 2.54. The summed E-state index contributed by atoms with van der Waals surface area (Å²) in [5.74, 6) is -0.147. The maximum atomic E-state index is 12.5. The lowest BCUT2D eigenvalue weighted by Crippen LogP contribution is -2.15. The fraction of sp³-hybridized carbons (Fsp3) is 0.286. The second kappa shape index (κ2) is 4.78. The highest BCUT2D eigenvalue weighted by Crippen LogP contribution is 1.96. The van der Waals surface area contributed by atoms with E-state index >= 15 is 0 Å². The average Bonchev–Trinajstić information content (AvgIpc) is 2.18. The summed E-state index contributed by atoms with van der Waals surface area (Å²) in [4.78, 5) is 10.0. The molecule has 0 saturated heterocycles. The maximum absolute atomic E-state index is 12.5. The second-order valence-corrected chi connectivity index (χ2v) is 4.61. The minimum absolute atomic E-state index is 0.00163. The van der Waals surface area contributed by atoms with Gasteiger partial charge >= 0.3 is 6.08 Å². The summed E-state index contributed by atoms with van der Waals surface area (Å²) in [5, 5.41) is 3.41. The first-order valence-electron chi connectivity index (χ1n) is 3.97. The number of halogens is 1. The third-order valence-corrected chi connectivity index (χ3v) is 2.75. The standard InChI is InChI=1S/C7H9FN4O2S/c1-2-15(13,14)4-3-9-7-11-5-10-6(8)12-7/h2,5H,1,3-4H2,(H,9,10,11,12). The molecule has 0 radical (unpaired) electrons. The lowest BCUT2D eigenvalue weighted by atomic mass is 10.7. The van der Waals surface area contributed by atoms with Crippen molar-refractivity contribution in [3.05, 3.63) is 24.4 Å². The molecule has 0 spiro atoms. The van der Waals surface area contributed by atoms with E-state index in [1.165, 1.54) is 0 Å². The van der Waals surface area contributed by atoms with Crippen molar-refractivity contribution in [1.29, 1.82) is 0 Å². The Kier molecular flexibility index (Phi) is 3.67. The van der Waals surface area contributed by atoms with Crippen LogP contribution >= 0.6 is 0 Å². The Morgan fingerprint density at radius 3 is 2.87 bits per heavy atom. The van der Waals surface area contributed by atoms with Gasteiger partial charge in [0.2, 0.25) is 5.95 Å². The van der Waals surface area contributed by atoms with Crippen LogP contribution in [0.25, 0.3) is 0 Å². The largest absolute Gasteiger partial charge is 0.353 e. The number of anilines is 1. The fourth-order valence-corrected chi connectivity index (χ4v) is 1.30. The third kappa shape index (κ3) is 3.98. The van der Waals surface area contributed by atoms with Crippen LogP contribution in [-0.2, 0) is 9.84 Å². The molecule has 0 fully saturated rings. The first-order valence-corrected chi connectivity index (χ1v) is 5.68. The Morgan fingerprint density at radius 2 is 2.27 bits per heavy atom. The number of nitrogens with one attached hydrogen (secondary N) is 1. The fourth-order valence-electron chi connectivity index (χ4n) is 0.750. The van der Waals surface area contributed by atoms with Crippen LogP contribution in [0.2, 0.25) is 0 Å². The highest BCUT2D eigenvalue weighted by Gasteiger charge is 2.05. The molecular weight excluding hydrogens is 223 g/mol. The Bertz CT molecular complexity index is 448. The molecule has 0 amide bonds. The molecule has 0 aliphatic carbocycles. The molecule has 82 valence electrons. The SMILES string of the molecule is C=CS(=O)(=O)CCNc1ncnc(F)n1. The van der Waals surface area contributed by atoms with Crippen molar-refractivity contribution >= 4 is 15.8 Å². The van der Waals surface area contributed by atoms with Gasteiger partial charge in [0, 0.05) is 12.0 Å². The van der Waals surface area contributed by atoms with Gasteiger partial charge in [-0.25, -0.2) is 13.4 Å². The molecule has 1 rings (SSSR count). The first kappa shape index (κ1) is 11.5. The van der Waals surface area contributed by atoms with E-state index in [1.807, 2.05) is 0 Å². The van der Waals surface area contributed by atoms with Gasteiger partial charge in [-0.05, 0) is 0 Å². The molecule has 0 aliphatic heterocycles. The molecule has 6 nitrogen and oxygen atoms in total. The lowest BCUT2D eigenvalue weighted by molar-refractivity contribution is 0.534. The van der Waals surface area contributed by atoms with Crippen LogP contribution in [0.3, 0.4) is 0 Å². The average molecular weight is 232 g/mol. The topological polar surface area (TPSA) is 84.8 Å². The van der Waals surface area contributed by atoms with Gasteiger partial charge in [-0.2, -0.15) is 14.4 Å². The zero-order valence-corrected chi connectivity index (χ0v) is 8.54. The van der Waals surface area contributed by atoms with E-state index in [-0.39, 0.29) is 18.2 Å².